The monoisotopic (exact) mass is 248 g/mol. The van der Waals surface area contributed by atoms with E-state index in [0.717, 1.165) is 29.7 Å². The van der Waals surface area contributed by atoms with Crippen molar-refractivity contribution in [1.29, 1.82) is 0 Å². The van der Waals surface area contributed by atoms with E-state index in [-0.39, 0.29) is 12.1 Å². The molecule has 1 N–H and O–H groups in total. The van der Waals surface area contributed by atoms with Crippen molar-refractivity contribution in [2.75, 3.05) is 12.3 Å². The van der Waals surface area contributed by atoms with Crippen LogP contribution in [0.2, 0.25) is 0 Å². The summed E-state index contributed by atoms with van der Waals surface area (Å²) in [6, 6.07) is 0. The van der Waals surface area contributed by atoms with Crippen molar-refractivity contribution in [2.24, 2.45) is 10.9 Å². The Hall–Kier alpha value is -0.320. The van der Waals surface area contributed by atoms with Gasteiger partial charge in [-0.3, -0.25) is 4.99 Å². The smallest absolute Gasteiger partial charge is 0.257 e. The van der Waals surface area contributed by atoms with Crippen molar-refractivity contribution in [2.45, 2.75) is 44.6 Å². The average molecular weight is 248 g/mol. The first kappa shape index (κ1) is 12.1. The lowest BCUT2D eigenvalue weighted by Crippen LogP contribution is -2.47. The highest BCUT2D eigenvalue weighted by Gasteiger charge is 2.40. The maximum Gasteiger partial charge on any atom is 0.257 e. The Bertz CT molecular complexity index is 283. The first-order chi connectivity index (χ1) is 7.60. The highest BCUT2D eigenvalue weighted by atomic mass is 32.2. The number of halogens is 2. The SMILES string of the molecule is CC1CCCC2(CSC(=NCC(F)F)N2)C1. The highest BCUT2D eigenvalue weighted by Crippen LogP contribution is 2.38. The molecule has 0 aromatic heterocycles. The summed E-state index contributed by atoms with van der Waals surface area (Å²) < 4.78 is 24.1. The van der Waals surface area contributed by atoms with Gasteiger partial charge in [-0.15, -0.1) is 0 Å². The summed E-state index contributed by atoms with van der Waals surface area (Å²) in [7, 11) is 0. The second kappa shape index (κ2) is 4.90. The van der Waals surface area contributed by atoms with Crippen LogP contribution in [0.25, 0.3) is 0 Å². The molecule has 2 atom stereocenters. The van der Waals surface area contributed by atoms with E-state index < -0.39 is 6.43 Å². The number of rotatable bonds is 2. The third kappa shape index (κ3) is 2.87. The van der Waals surface area contributed by atoms with Crippen LogP contribution >= 0.6 is 11.8 Å². The van der Waals surface area contributed by atoms with E-state index in [1.54, 1.807) is 11.8 Å². The fourth-order valence-electron chi connectivity index (χ4n) is 2.65. The summed E-state index contributed by atoms with van der Waals surface area (Å²) >= 11 is 1.60. The number of thioether (sulfide) groups is 1. The van der Waals surface area contributed by atoms with Crippen LogP contribution < -0.4 is 5.32 Å². The highest BCUT2D eigenvalue weighted by molar-refractivity contribution is 8.14. The van der Waals surface area contributed by atoms with Gasteiger partial charge in [0.15, 0.2) is 5.17 Å². The van der Waals surface area contributed by atoms with Crippen LogP contribution in [-0.4, -0.2) is 29.4 Å². The van der Waals surface area contributed by atoms with Crippen LogP contribution in [0.3, 0.4) is 0 Å². The van der Waals surface area contributed by atoms with E-state index in [1.807, 2.05) is 0 Å². The summed E-state index contributed by atoms with van der Waals surface area (Å²) in [4.78, 5) is 3.92. The van der Waals surface area contributed by atoms with Gasteiger partial charge >= 0.3 is 0 Å². The molecule has 1 heterocycles. The van der Waals surface area contributed by atoms with E-state index in [0.29, 0.717) is 0 Å². The molecule has 16 heavy (non-hydrogen) atoms. The molecule has 0 radical (unpaired) electrons. The molecule has 0 bridgehead atoms. The van der Waals surface area contributed by atoms with Gasteiger partial charge in [-0.1, -0.05) is 31.5 Å². The summed E-state index contributed by atoms with van der Waals surface area (Å²) in [5.74, 6) is 1.72. The van der Waals surface area contributed by atoms with Gasteiger partial charge in [0.1, 0.15) is 6.54 Å². The number of nitrogens with zero attached hydrogens (tertiary/aromatic N) is 1. The first-order valence-electron chi connectivity index (χ1n) is 5.83. The number of nitrogens with one attached hydrogen (secondary N) is 1. The van der Waals surface area contributed by atoms with Crippen LogP contribution in [0.1, 0.15) is 32.6 Å². The van der Waals surface area contributed by atoms with Gasteiger partial charge in [0.2, 0.25) is 0 Å². The average Bonchev–Trinajstić information content (AvgIpc) is 2.58. The molecule has 1 aliphatic heterocycles. The molecule has 1 saturated heterocycles. The predicted octanol–water partition coefficient (Wildman–Crippen LogP) is 2.89. The maximum absolute atomic E-state index is 12.0. The zero-order valence-corrected chi connectivity index (χ0v) is 10.3. The minimum absolute atomic E-state index is 0.142. The Labute approximate surface area is 99.3 Å². The number of aliphatic imine (C=N–C) groups is 1. The first-order valence-corrected chi connectivity index (χ1v) is 6.82. The molecule has 0 amide bonds. The molecule has 0 aromatic rings. The van der Waals surface area contributed by atoms with Crippen molar-refractivity contribution in [1.82, 2.24) is 5.32 Å². The lowest BCUT2D eigenvalue weighted by atomic mass is 9.78. The molecule has 92 valence electrons. The molecule has 5 heteroatoms. The lowest BCUT2D eigenvalue weighted by Gasteiger charge is -2.36. The van der Waals surface area contributed by atoms with Crippen molar-refractivity contribution in [3.05, 3.63) is 0 Å². The van der Waals surface area contributed by atoms with E-state index in [2.05, 4.69) is 17.2 Å². The Morgan fingerprint density at radius 1 is 1.62 bits per heavy atom. The summed E-state index contributed by atoms with van der Waals surface area (Å²) in [5.41, 5.74) is 0.142. The summed E-state index contributed by atoms with van der Waals surface area (Å²) in [5, 5.41) is 4.09. The summed E-state index contributed by atoms with van der Waals surface area (Å²) in [6.45, 7) is 1.89. The molecule has 1 saturated carbocycles. The van der Waals surface area contributed by atoms with Crippen molar-refractivity contribution in [3.63, 3.8) is 0 Å². The Balaban J connectivity index is 1.93. The fraction of sp³-hybridized carbons (Fsp3) is 0.909. The number of alkyl halides is 2. The minimum atomic E-state index is -2.34. The van der Waals surface area contributed by atoms with Gasteiger partial charge in [-0.2, -0.15) is 0 Å². The fourth-order valence-corrected chi connectivity index (χ4v) is 3.85. The van der Waals surface area contributed by atoms with E-state index in [9.17, 15) is 8.78 Å². The third-order valence-corrected chi connectivity index (χ3v) is 4.52. The molecular formula is C11H18F2N2S. The standard InChI is InChI=1S/C11H18F2N2S/c1-8-3-2-4-11(5-8)7-16-10(15-11)14-6-9(12)13/h8-9H,2-7H2,1H3,(H,14,15). The molecule has 1 aliphatic carbocycles. The summed E-state index contributed by atoms with van der Waals surface area (Å²) in [6.07, 6.45) is 2.48. The molecular weight excluding hydrogens is 230 g/mol. The Kier molecular flexibility index (Phi) is 3.72. The molecule has 2 rings (SSSR count). The quantitative estimate of drug-likeness (QED) is 0.812. The lowest BCUT2D eigenvalue weighted by molar-refractivity contribution is 0.158. The Morgan fingerprint density at radius 3 is 3.12 bits per heavy atom. The number of hydrogen-bond donors (Lipinski definition) is 1. The topological polar surface area (TPSA) is 24.4 Å². The van der Waals surface area contributed by atoms with Gasteiger partial charge in [0.05, 0.1) is 0 Å². The van der Waals surface area contributed by atoms with Crippen molar-refractivity contribution in [3.8, 4) is 0 Å². The third-order valence-electron chi connectivity index (χ3n) is 3.32. The van der Waals surface area contributed by atoms with Crippen LogP contribution in [0, 0.1) is 5.92 Å². The molecule has 2 unspecified atom stereocenters. The van der Waals surface area contributed by atoms with Crippen LogP contribution in [-0.2, 0) is 0 Å². The van der Waals surface area contributed by atoms with Gasteiger partial charge in [0, 0.05) is 11.3 Å². The maximum atomic E-state index is 12.0. The molecule has 1 spiro atoms. The molecule has 2 aliphatic rings. The number of hydrogen-bond acceptors (Lipinski definition) is 2. The van der Waals surface area contributed by atoms with E-state index in [4.69, 9.17) is 0 Å². The van der Waals surface area contributed by atoms with Crippen LogP contribution in [0.15, 0.2) is 4.99 Å². The molecule has 2 nitrogen and oxygen atoms in total. The number of amidine groups is 1. The van der Waals surface area contributed by atoms with Crippen molar-refractivity contribution >= 4 is 16.9 Å². The van der Waals surface area contributed by atoms with Gasteiger partial charge in [-0.05, 0) is 18.8 Å². The van der Waals surface area contributed by atoms with Gasteiger partial charge in [-0.25, -0.2) is 8.78 Å². The zero-order chi connectivity index (χ0) is 11.6. The largest absolute Gasteiger partial charge is 0.359 e. The van der Waals surface area contributed by atoms with Gasteiger partial charge in [0.25, 0.3) is 6.43 Å². The zero-order valence-electron chi connectivity index (χ0n) is 9.51. The normalized spacial score (nSPS) is 37.2. The minimum Gasteiger partial charge on any atom is -0.359 e. The molecule has 0 aromatic carbocycles. The van der Waals surface area contributed by atoms with Crippen molar-refractivity contribution < 1.29 is 8.78 Å². The van der Waals surface area contributed by atoms with E-state index in [1.165, 1.54) is 12.8 Å². The molecule has 2 fully saturated rings. The predicted molar refractivity (Wildman–Crippen MR) is 64.3 cm³/mol. The Morgan fingerprint density at radius 2 is 2.44 bits per heavy atom. The van der Waals surface area contributed by atoms with Gasteiger partial charge < -0.3 is 5.32 Å². The van der Waals surface area contributed by atoms with Crippen LogP contribution in [0.5, 0.6) is 0 Å². The van der Waals surface area contributed by atoms with E-state index >= 15 is 0 Å². The second-order valence-corrected chi connectivity index (χ2v) is 5.90. The van der Waals surface area contributed by atoms with Crippen LogP contribution in [0.4, 0.5) is 8.78 Å². The second-order valence-electron chi connectivity index (χ2n) is 4.93.